The van der Waals surface area contributed by atoms with E-state index in [0.29, 0.717) is 24.7 Å². The fourth-order valence-corrected chi connectivity index (χ4v) is 1.70. The quantitative estimate of drug-likeness (QED) is 0.822. The average molecular weight is 269 g/mol. The molecule has 0 bridgehead atoms. The van der Waals surface area contributed by atoms with Crippen molar-refractivity contribution in [3.8, 4) is 11.9 Å². The summed E-state index contributed by atoms with van der Waals surface area (Å²) in [5.41, 5.74) is 0.441. The van der Waals surface area contributed by atoms with Crippen LogP contribution in [0.2, 0.25) is 0 Å². The summed E-state index contributed by atoms with van der Waals surface area (Å²) in [6.07, 6.45) is 2.49. The van der Waals surface area contributed by atoms with Crippen LogP contribution in [0.3, 0.4) is 0 Å². The molecule has 0 spiro atoms. The summed E-state index contributed by atoms with van der Waals surface area (Å²) in [7, 11) is 0. The molecule has 15 heavy (non-hydrogen) atoms. The zero-order valence-corrected chi connectivity index (χ0v) is 9.53. The first-order chi connectivity index (χ1) is 7.29. The Morgan fingerprint density at radius 2 is 2.53 bits per heavy atom. The number of halogens is 1. The zero-order chi connectivity index (χ0) is 10.7. The van der Waals surface area contributed by atoms with Crippen LogP contribution in [0.1, 0.15) is 12.0 Å². The monoisotopic (exact) mass is 268 g/mol. The molecule has 0 radical (unpaired) electrons. The van der Waals surface area contributed by atoms with Crippen molar-refractivity contribution in [2.24, 2.45) is 0 Å². The van der Waals surface area contributed by atoms with Crippen LogP contribution >= 0.6 is 15.9 Å². The molecule has 0 amide bonds. The molecule has 2 heterocycles. The lowest BCUT2D eigenvalue weighted by atomic mass is 10.3. The molecule has 1 unspecified atom stereocenters. The van der Waals surface area contributed by atoms with Gasteiger partial charge in [-0.15, -0.1) is 0 Å². The molecule has 5 heteroatoms. The van der Waals surface area contributed by atoms with Gasteiger partial charge in [0.1, 0.15) is 17.7 Å². The minimum Gasteiger partial charge on any atom is -0.471 e. The first-order valence-corrected chi connectivity index (χ1v) is 5.39. The fraction of sp³-hybridized carbons (Fsp3) is 0.400. The maximum Gasteiger partial charge on any atom is 0.232 e. The van der Waals surface area contributed by atoms with Gasteiger partial charge in [0.25, 0.3) is 0 Å². The molecule has 4 nitrogen and oxygen atoms in total. The van der Waals surface area contributed by atoms with Crippen molar-refractivity contribution in [1.29, 1.82) is 5.26 Å². The molecule has 78 valence electrons. The molecule has 1 aliphatic heterocycles. The molecular weight excluding hydrogens is 260 g/mol. The van der Waals surface area contributed by atoms with Crippen LogP contribution in [0.15, 0.2) is 16.7 Å². The number of nitriles is 1. The Morgan fingerprint density at radius 3 is 3.20 bits per heavy atom. The molecule has 2 rings (SSSR count). The maximum absolute atomic E-state index is 8.89. The summed E-state index contributed by atoms with van der Waals surface area (Å²) in [6, 6.07) is 3.74. The third-order valence-corrected chi connectivity index (χ3v) is 2.54. The third kappa shape index (κ3) is 2.46. The van der Waals surface area contributed by atoms with Crippen LogP contribution in [-0.4, -0.2) is 24.3 Å². The van der Waals surface area contributed by atoms with E-state index in [9.17, 15) is 0 Å². The van der Waals surface area contributed by atoms with Crippen LogP contribution in [0.25, 0.3) is 0 Å². The first-order valence-electron chi connectivity index (χ1n) is 4.59. The van der Waals surface area contributed by atoms with Gasteiger partial charge in [-0.3, -0.25) is 0 Å². The number of pyridine rings is 1. The lowest BCUT2D eigenvalue weighted by Crippen LogP contribution is -2.17. The minimum atomic E-state index is 0.0192. The van der Waals surface area contributed by atoms with Crippen molar-refractivity contribution in [2.75, 3.05) is 13.2 Å². The summed E-state index contributed by atoms with van der Waals surface area (Å²) in [6.45, 7) is 1.28. The molecule has 1 fully saturated rings. The van der Waals surface area contributed by atoms with E-state index in [4.69, 9.17) is 14.7 Å². The van der Waals surface area contributed by atoms with Gasteiger partial charge in [0.05, 0.1) is 13.2 Å². The highest BCUT2D eigenvalue weighted by Gasteiger charge is 2.19. The van der Waals surface area contributed by atoms with Crippen molar-refractivity contribution < 1.29 is 9.47 Å². The molecule has 0 N–H and O–H groups in total. The van der Waals surface area contributed by atoms with E-state index in [1.165, 1.54) is 0 Å². The van der Waals surface area contributed by atoms with Gasteiger partial charge in [0, 0.05) is 17.1 Å². The summed E-state index contributed by atoms with van der Waals surface area (Å²) in [5, 5.41) is 8.89. The van der Waals surface area contributed by atoms with E-state index in [0.717, 1.165) is 10.9 Å². The Bertz CT molecular complexity index is 397. The molecule has 1 atom stereocenters. The number of ether oxygens (including phenoxy) is 2. The van der Waals surface area contributed by atoms with Crippen LogP contribution in [0.4, 0.5) is 0 Å². The Labute approximate surface area is 96.0 Å². The number of nitrogens with zero attached hydrogens (tertiary/aromatic N) is 2. The largest absolute Gasteiger partial charge is 0.471 e. The van der Waals surface area contributed by atoms with E-state index in [2.05, 4.69) is 27.0 Å². The van der Waals surface area contributed by atoms with Gasteiger partial charge in [0.15, 0.2) is 0 Å². The lowest BCUT2D eigenvalue weighted by molar-refractivity contribution is 0.138. The van der Waals surface area contributed by atoms with Gasteiger partial charge in [-0.25, -0.2) is 4.98 Å². The highest BCUT2D eigenvalue weighted by atomic mass is 79.9. The summed E-state index contributed by atoms with van der Waals surface area (Å²) < 4.78 is 11.5. The highest BCUT2D eigenvalue weighted by molar-refractivity contribution is 9.10. The van der Waals surface area contributed by atoms with Crippen molar-refractivity contribution in [3.05, 3.63) is 22.3 Å². The van der Waals surface area contributed by atoms with Crippen molar-refractivity contribution in [2.45, 2.75) is 12.5 Å². The highest BCUT2D eigenvalue weighted by Crippen LogP contribution is 2.21. The van der Waals surface area contributed by atoms with Gasteiger partial charge < -0.3 is 9.47 Å². The molecule has 1 aromatic heterocycles. The summed E-state index contributed by atoms with van der Waals surface area (Å²) >= 11 is 3.26. The standard InChI is InChI=1S/C10H9BrN2O2/c11-8-3-7(4-12)10(13-5-8)15-9-1-2-14-6-9/h3,5,9H,1-2,6H2. The van der Waals surface area contributed by atoms with E-state index < -0.39 is 0 Å². The van der Waals surface area contributed by atoms with Crippen LogP contribution in [-0.2, 0) is 4.74 Å². The second-order valence-electron chi connectivity index (χ2n) is 3.22. The van der Waals surface area contributed by atoms with Crippen LogP contribution < -0.4 is 4.74 Å². The van der Waals surface area contributed by atoms with E-state index >= 15 is 0 Å². The average Bonchev–Trinajstić information content (AvgIpc) is 2.73. The molecule has 1 aliphatic rings. The lowest BCUT2D eigenvalue weighted by Gasteiger charge is -2.11. The van der Waals surface area contributed by atoms with Crippen molar-refractivity contribution in [1.82, 2.24) is 4.98 Å². The van der Waals surface area contributed by atoms with Crippen LogP contribution in [0, 0.1) is 11.3 Å². The van der Waals surface area contributed by atoms with Gasteiger partial charge in [-0.1, -0.05) is 0 Å². The topological polar surface area (TPSA) is 55.1 Å². The molecule has 0 saturated carbocycles. The van der Waals surface area contributed by atoms with E-state index in [1.54, 1.807) is 12.3 Å². The SMILES string of the molecule is N#Cc1cc(Br)cnc1OC1CCOC1. The molecule has 1 aromatic rings. The zero-order valence-electron chi connectivity index (χ0n) is 7.94. The Kier molecular flexibility index (Phi) is 3.19. The number of aromatic nitrogens is 1. The second-order valence-corrected chi connectivity index (χ2v) is 4.14. The summed E-state index contributed by atoms with van der Waals surface area (Å²) in [4.78, 5) is 4.07. The Morgan fingerprint density at radius 1 is 1.67 bits per heavy atom. The van der Waals surface area contributed by atoms with Crippen molar-refractivity contribution in [3.63, 3.8) is 0 Å². The molecule has 0 aromatic carbocycles. The maximum atomic E-state index is 8.89. The fourth-order valence-electron chi connectivity index (χ4n) is 1.36. The van der Waals surface area contributed by atoms with Gasteiger partial charge in [-0.05, 0) is 22.0 Å². The number of hydrogen-bond donors (Lipinski definition) is 0. The predicted octanol–water partition coefficient (Wildman–Crippen LogP) is 1.88. The van der Waals surface area contributed by atoms with E-state index in [-0.39, 0.29) is 6.10 Å². The number of hydrogen-bond acceptors (Lipinski definition) is 4. The predicted molar refractivity (Wildman–Crippen MR) is 56.5 cm³/mol. The Hall–Kier alpha value is -1.12. The molecule has 1 saturated heterocycles. The van der Waals surface area contributed by atoms with Gasteiger partial charge >= 0.3 is 0 Å². The normalized spacial score (nSPS) is 19.9. The molecule has 0 aliphatic carbocycles. The molecular formula is C10H9BrN2O2. The van der Waals surface area contributed by atoms with Crippen LogP contribution in [0.5, 0.6) is 5.88 Å². The smallest absolute Gasteiger partial charge is 0.232 e. The van der Waals surface area contributed by atoms with E-state index in [1.807, 2.05) is 0 Å². The minimum absolute atomic E-state index is 0.0192. The third-order valence-electron chi connectivity index (χ3n) is 2.10. The Balaban J connectivity index is 2.16. The first kappa shape index (κ1) is 10.4. The second kappa shape index (κ2) is 4.60. The number of rotatable bonds is 2. The van der Waals surface area contributed by atoms with Gasteiger partial charge in [-0.2, -0.15) is 5.26 Å². The van der Waals surface area contributed by atoms with Crippen molar-refractivity contribution >= 4 is 15.9 Å². The summed E-state index contributed by atoms with van der Waals surface area (Å²) in [5.74, 6) is 0.385. The van der Waals surface area contributed by atoms with Gasteiger partial charge in [0.2, 0.25) is 5.88 Å².